The second-order valence-corrected chi connectivity index (χ2v) is 4.80. The lowest BCUT2D eigenvalue weighted by atomic mass is 10.1. The molecule has 1 amide bonds. The summed E-state index contributed by atoms with van der Waals surface area (Å²) in [5.41, 5.74) is 2.81. The molecule has 0 atom stereocenters. The average molecular weight is 275 g/mol. The molecule has 0 saturated carbocycles. The first-order valence-electron chi connectivity index (χ1n) is 6.24. The highest BCUT2D eigenvalue weighted by Gasteiger charge is 2.18. The molecule has 0 spiro atoms. The molecule has 20 heavy (non-hydrogen) atoms. The highest BCUT2D eigenvalue weighted by atomic mass is 16.4. The number of amides is 1. The first-order chi connectivity index (χ1) is 9.31. The quantitative estimate of drug-likeness (QED) is 0.907. The van der Waals surface area contributed by atoms with Crippen molar-refractivity contribution in [3.63, 3.8) is 0 Å². The van der Waals surface area contributed by atoms with E-state index in [1.54, 1.807) is 18.5 Å². The number of hydrogen-bond donors (Lipinski definition) is 1. The molecule has 0 aliphatic heterocycles. The van der Waals surface area contributed by atoms with Gasteiger partial charge in [-0.25, -0.2) is 4.79 Å². The van der Waals surface area contributed by atoms with Crippen LogP contribution >= 0.6 is 0 Å². The number of aromatic nitrogens is 2. The van der Waals surface area contributed by atoms with E-state index >= 15 is 0 Å². The van der Waals surface area contributed by atoms with Crippen LogP contribution in [0.1, 0.15) is 33.1 Å². The largest absolute Gasteiger partial charge is 0.427 e. The Balaban J connectivity index is 2.41. The third kappa shape index (κ3) is 2.36. The summed E-state index contributed by atoms with van der Waals surface area (Å²) in [6, 6.07) is 1.31. The minimum absolute atomic E-state index is 0.303. The fourth-order valence-corrected chi connectivity index (χ4v) is 2.23. The Labute approximate surface area is 116 Å². The first-order valence-corrected chi connectivity index (χ1v) is 6.24. The Bertz CT molecular complexity index is 715. The Hall–Kier alpha value is -2.37. The number of hydrogen-bond acceptors (Lipinski definition) is 4. The zero-order chi connectivity index (χ0) is 15.0. The molecule has 2 aromatic rings. The smallest absolute Gasteiger partial charge is 0.336 e. The highest BCUT2D eigenvalue weighted by molar-refractivity contribution is 6.06. The summed E-state index contributed by atoms with van der Waals surface area (Å²) in [5, 5.41) is 7.08. The van der Waals surface area contributed by atoms with Crippen molar-refractivity contribution in [1.82, 2.24) is 9.78 Å². The minimum atomic E-state index is -0.453. The van der Waals surface area contributed by atoms with Crippen molar-refractivity contribution in [3.8, 4) is 0 Å². The highest BCUT2D eigenvalue weighted by Crippen LogP contribution is 2.20. The Kier molecular flexibility index (Phi) is 3.48. The molecule has 2 rings (SSSR count). The summed E-state index contributed by atoms with van der Waals surface area (Å²) >= 11 is 0. The van der Waals surface area contributed by atoms with Gasteiger partial charge in [0.2, 0.25) is 0 Å². The van der Waals surface area contributed by atoms with Crippen LogP contribution in [0.4, 0.5) is 5.69 Å². The van der Waals surface area contributed by atoms with Crippen LogP contribution in [-0.4, -0.2) is 15.7 Å². The van der Waals surface area contributed by atoms with Crippen molar-refractivity contribution >= 4 is 11.6 Å². The molecular weight excluding hydrogens is 258 g/mol. The molecule has 0 bridgehead atoms. The summed E-state index contributed by atoms with van der Waals surface area (Å²) in [4.78, 5) is 23.6. The van der Waals surface area contributed by atoms with Crippen molar-refractivity contribution in [2.75, 3.05) is 5.32 Å². The van der Waals surface area contributed by atoms with Gasteiger partial charge in [-0.2, -0.15) is 5.10 Å². The summed E-state index contributed by atoms with van der Waals surface area (Å²) in [7, 11) is 1.82. The number of nitrogens with one attached hydrogen (secondary N) is 1. The van der Waals surface area contributed by atoms with Gasteiger partial charge < -0.3 is 9.73 Å². The van der Waals surface area contributed by atoms with E-state index in [0.717, 1.165) is 11.4 Å². The van der Waals surface area contributed by atoms with E-state index in [4.69, 9.17) is 4.42 Å². The molecule has 1 N–H and O–H groups in total. The summed E-state index contributed by atoms with van der Waals surface area (Å²) in [5.74, 6) is 0.00893. The topological polar surface area (TPSA) is 77.1 Å². The van der Waals surface area contributed by atoms with Crippen molar-refractivity contribution in [3.05, 3.63) is 44.8 Å². The van der Waals surface area contributed by atoms with E-state index in [-0.39, 0.29) is 5.91 Å². The number of carbonyl (C=O) groups is 1. The molecule has 0 fully saturated rings. The van der Waals surface area contributed by atoms with Gasteiger partial charge in [0.15, 0.2) is 0 Å². The van der Waals surface area contributed by atoms with Gasteiger partial charge in [-0.1, -0.05) is 0 Å². The Morgan fingerprint density at radius 3 is 2.45 bits per heavy atom. The number of aryl methyl sites for hydroxylation is 4. The van der Waals surface area contributed by atoms with Crippen LogP contribution in [0.5, 0.6) is 0 Å². The van der Waals surface area contributed by atoms with E-state index in [1.807, 2.05) is 20.9 Å². The maximum Gasteiger partial charge on any atom is 0.336 e. The van der Waals surface area contributed by atoms with Gasteiger partial charge in [-0.3, -0.25) is 9.48 Å². The number of anilines is 1. The van der Waals surface area contributed by atoms with Gasteiger partial charge in [0.05, 0.1) is 22.6 Å². The molecule has 0 aromatic carbocycles. The summed E-state index contributed by atoms with van der Waals surface area (Å²) in [6.07, 6.45) is 0. The minimum Gasteiger partial charge on any atom is -0.427 e. The second kappa shape index (κ2) is 4.96. The van der Waals surface area contributed by atoms with Gasteiger partial charge in [-0.15, -0.1) is 0 Å². The summed E-state index contributed by atoms with van der Waals surface area (Å²) in [6.45, 7) is 7.02. The maximum absolute atomic E-state index is 12.4. The third-order valence-corrected chi connectivity index (χ3v) is 3.31. The van der Waals surface area contributed by atoms with Crippen LogP contribution in [0.2, 0.25) is 0 Å². The van der Waals surface area contributed by atoms with Crippen molar-refractivity contribution < 1.29 is 9.21 Å². The number of rotatable bonds is 2. The van der Waals surface area contributed by atoms with E-state index in [0.29, 0.717) is 22.6 Å². The number of carbonyl (C=O) groups excluding carboxylic acids is 1. The Morgan fingerprint density at radius 1 is 1.30 bits per heavy atom. The third-order valence-electron chi connectivity index (χ3n) is 3.31. The summed E-state index contributed by atoms with van der Waals surface area (Å²) < 4.78 is 6.68. The zero-order valence-electron chi connectivity index (χ0n) is 12.2. The second-order valence-electron chi connectivity index (χ2n) is 4.80. The van der Waals surface area contributed by atoms with Crippen molar-refractivity contribution in [2.45, 2.75) is 27.7 Å². The first kappa shape index (κ1) is 14.0. The lowest BCUT2D eigenvalue weighted by Crippen LogP contribution is -2.18. The monoisotopic (exact) mass is 275 g/mol. The maximum atomic E-state index is 12.4. The van der Waals surface area contributed by atoms with Gasteiger partial charge in [-0.05, 0) is 33.3 Å². The fourth-order valence-electron chi connectivity index (χ4n) is 2.23. The van der Waals surface area contributed by atoms with Gasteiger partial charge in [0.1, 0.15) is 5.76 Å². The van der Waals surface area contributed by atoms with Crippen molar-refractivity contribution in [2.24, 2.45) is 7.05 Å². The molecule has 0 aliphatic carbocycles. The number of nitrogens with zero attached hydrogens (tertiary/aromatic N) is 2. The molecule has 0 saturated heterocycles. The van der Waals surface area contributed by atoms with Crippen molar-refractivity contribution in [1.29, 1.82) is 0 Å². The predicted octanol–water partition coefficient (Wildman–Crippen LogP) is 1.86. The molecule has 6 heteroatoms. The molecule has 0 unspecified atom stereocenters. The van der Waals surface area contributed by atoms with Crippen LogP contribution in [0.25, 0.3) is 0 Å². The Morgan fingerprint density at radius 2 is 1.95 bits per heavy atom. The molecule has 0 aliphatic rings. The fraction of sp³-hybridized carbons (Fsp3) is 0.357. The van der Waals surface area contributed by atoms with Gasteiger partial charge in [0, 0.05) is 13.1 Å². The normalized spacial score (nSPS) is 10.7. The predicted molar refractivity (Wildman–Crippen MR) is 75.1 cm³/mol. The van der Waals surface area contributed by atoms with E-state index in [2.05, 4.69) is 10.4 Å². The lowest BCUT2D eigenvalue weighted by Gasteiger charge is -2.09. The van der Waals surface area contributed by atoms with Gasteiger partial charge in [0.25, 0.3) is 5.91 Å². The van der Waals surface area contributed by atoms with E-state index in [1.165, 1.54) is 6.07 Å². The van der Waals surface area contributed by atoms with Crippen LogP contribution in [-0.2, 0) is 7.05 Å². The van der Waals surface area contributed by atoms with Crippen LogP contribution in [0, 0.1) is 27.7 Å². The molecule has 2 heterocycles. The molecule has 6 nitrogen and oxygen atoms in total. The zero-order valence-corrected chi connectivity index (χ0v) is 12.2. The molecular formula is C14H17N3O3. The van der Waals surface area contributed by atoms with Crippen LogP contribution in [0.15, 0.2) is 15.3 Å². The lowest BCUT2D eigenvalue weighted by molar-refractivity contribution is 0.102. The molecule has 2 aromatic heterocycles. The SMILES string of the molecule is Cc1cc(=O)oc(C)c1C(=O)Nc1c(C)nn(C)c1C. The molecule has 106 valence electrons. The standard InChI is InChI=1S/C14H17N3O3/c1-7-6-11(18)20-10(4)12(7)14(19)15-13-8(2)16-17(5)9(13)3/h6H,1-5H3,(H,15,19). The molecule has 0 radical (unpaired) electrons. The van der Waals surface area contributed by atoms with E-state index < -0.39 is 5.63 Å². The van der Waals surface area contributed by atoms with Crippen LogP contribution in [0.3, 0.4) is 0 Å². The van der Waals surface area contributed by atoms with Crippen LogP contribution < -0.4 is 10.9 Å². The average Bonchev–Trinajstić information content (AvgIpc) is 2.54. The van der Waals surface area contributed by atoms with Gasteiger partial charge >= 0.3 is 5.63 Å². The van der Waals surface area contributed by atoms with E-state index in [9.17, 15) is 9.59 Å².